The maximum absolute atomic E-state index is 12.5. The number of aromatic nitrogens is 1. The van der Waals surface area contributed by atoms with Crippen LogP contribution in [0.4, 0.5) is 5.13 Å². The van der Waals surface area contributed by atoms with E-state index in [9.17, 15) is 18.3 Å². The van der Waals surface area contributed by atoms with Crippen molar-refractivity contribution in [2.75, 3.05) is 4.72 Å². The second-order valence-corrected chi connectivity index (χ2v) is 9.64. The number of carbonyl (C=O) groups is 1. The van der Waals surface area contributed by atoms with Gasteiger partial charge in [-0.1, -0.05) is 45.0 Å². The largest absolute Gasteiger partial charge is 0.492 e. The van der Waals surface area contributed by atoms with Gasteiger partial charge in [-0.15, -0.1) is 0 Å². The number of aromatic hydroxyl groups is 1. The molecular weight excluding hydrogens is 466 g/mol. The number of fused-ring (bicyclic) bond motifs is 1. The molecule has 10 heteroatoms. The third-order valence-corrected chi connectivity index (χ3v) is 7.01. The molecule has 3 aromatic rings. The first kappa shape index (κ1) is 18.8. The van der Waals surface area contributed by atoms with Gasteiger partial charge < -0.3 is 5.11 Å². The van der Waals surface area contributed by atoms with E-state index in [1.165, 1.54) is 12.1 Å². The van der Waals surface area contributed by atoms with Crippen molar-refractivity contribution in [3.63, 3.8) is 0 Å². The molecule has 0 fully saturated rings. The smallest absolute Gasteiger partial charge is 0.279 e. The van der Waals surface area contributed by atoms with Crippen molar-refractivity contribution < 1.29 is 18.3 Å². The quantitative estimate of drug-likeness (QED) is 0.597. The number of nitrogens with one attached hydrogen (secondary N) is 1. The standard InChI is InChI=1S/C18H12BrN3O4S2/c1-9-2-5-11(6-3-9)28(25,26)22-18-21-17(24)15(27-18)14-12-8-10(19)4-7-13(12)20-16(14)23/h2-8,24H,1H3,(H,21,22). The summed E-state index contributed by atoms with van der Waals surface area (Å²) in [6.07, 6.45) is 0. The molecule has 0 saturated carbocycles. The van der Waals surface area contributed by atoms with Crippen LogP contribution in [-0.2, 0) is 14.8 Å². The lowest BCUT2D eigenvalue weighted by Gasteiger charge is -2.05. The molecular formula is C18H12BrN3O4S2. The highest BCUT2D eigenvalue weighted by atomic mass is 79.9. The fourth-order valence-electron chi connectivity index (χ4n) is 2.72. The van der Waals surface area contributed by atoms with Gasteiger partial charge in [-0.3, -0.25) is 9.52 Å². The molecule has 7 nitrogen and oxygen atoms in total. The zero-order valence-corrected chi connectivity index (χ0v) is 17.5. The van der Waals surface area contributed by atoms with Crippen molar-refractivity contribution in [3.8, 4) is 5.88 Å². The monoisotopic (exact) mass is 477 g/mol. The number of nitrogens with zero attached hydrogens (tertiary/aromatic N) is 2. The van der Waals surface area contributed by atoms with E-state index in [0.717, 1.165) is 21.4 Å². The van der Waals surface area contributed by atoms with Crippen LogP contribution < -0.4 is 15.3 Å². The highest BCUT2D eigenvalue weighted by molar-refractivity contribution is 9.10. The number of aryl methyl sites for hydroxylation is 1. The van der Waals surface area contributed by atoms with Gasteiger partial charge in [0.2, 0.25) is 11.0 Å². The molecule has 1 aromatic heterocycles. The summed E-state index contributed by atoms with van der Waals surface area (Å²) in [6, 6.07) is 11.5. The van der Waals surface area contributed by atoms with Crippen molar-refractivity contribution in [2.45, 2.75) is 11.8 Å². The van der Waals surface area contributed by atoms with E-state index in [1.807, 2.05) is 6.92 Å². The maximum atomic E-state index is 12.5. The van der Waals surface area contributed by atoms with Crippen LogP contribution >= 0.6 is 27.3 Å². The summed E-state index contributed by atoms with van der Waals surface area (Å²) in [5, 5.41) is 11.2. The van der Waals surface area contributed by atoms with E-state index in [0.29, 0.717) is 10.6 Å². The molecule has 0 aliphatic carbocycles. The number of hydrogen-bond acceptors (Lipinski definition) is 6. The summed E-state index contributed by atoms with van der Waals surface area (Å²) in [5.41, 5.74) is 1.12. The number of benzene rings is 2. The third-order valence-electron chi connectivity index (χ3n) is 4.05. The van der Waals surface area contributed by atoms with Crippen molar-refractivity contribution in [3.05, 3.63) is 68.0 Å². The third kappa shape index (κ3) is 3.34. The minimum Gasteiger partial charge on any atom is -0.492 e. The molecule has 2 N–H and O–H groups in total. The summed E-state index contributed by atoms with van der Waals surface area (Å²) in [6.45, 7) is 1.85. The van der Waals surface area contributed by atoms with Crippen LogP contribution in [0.3, 0.4) is 0 Å². The van der Waals surface area contributed by atoms with E-state index < -0.39 is 21.8 Å². The zero-order valence-electron chi connectivity index (χ0n) is 14.3. The molecule has 4 rings (SSSR count). The van der Waals surface area contributed by atoms with Crippen LogP contribution in [0, 0.1) is 6.92 Å². The highest BCUT2D eigenvalue weighted by Gasteiger charge is 2.26. The van der Waals surface area contributed by atoms with Crippen molar-refractivity contribution >= 4 is 53.9 Å². The predicted octanol–water partition coefficient (Wildman–Crippen LogP) is 2.08. The summed E-state index contributed by atoms with van der Waals surface area (Å²) >= 11 is 4.22. The summed E-state index contributed by atoms with van der Waals surface area (Å²) in [5.74, 6) is -0.946. The molecule has 1 amide bonds. The number of anilines is 1. The number of rotatable bonds is 4. The van der Waals surface area contributed by atoms with Gasteiger partial charge in [0, 0.05) is 9.69 Å². The Bertz CT molecular complexity index is 1350. The second-order valence-electron chi connectivity index (χ2n) is 6.04. The Hall–Kier alpha value is -2.56. The first-order valence-corrected chi connectivity index (χ1v) is 11.1. The minimum atomic E-state index is -3.88. The van der Waals surface area contributed by atoms with Crippen LogP contribution in [0.5, 0.6) is 5.88 Å². The van der Waals surface area contributed by atoms with E-state index in [2.05, 4.69) is 30.6 Å². The Morgan fingerprint density at radius 3 is 2.57 bits per heavy atom. The molecule has 1 aliphatic rings. The molecule has 0 radical (unpaired) electrons. The molecule has 0 unspecified atom stereocenters. The fourth-order valence-corrected chi connectivity index (χ4v) is 5.22. The van der Waals surface area contributed by atoms with E-state index in [-0.39, 0.29) is 20.5 Å². The Morgan fingerprint density at radius 2 is 1.86 bits per heavy atom. The number of hydrogen-bond donors (Lipinski definition) is 2. The lowest BCUT2D eigenvalue weighted by molar-refractivity contribution is -0.112. The lowest BCUT2D eigenvalue weighted by Crippen LogP contribution is -2.22. The van der Waals surface area contributed by atoms with Crippen LogP contribution in [-0.4, -0.2) is 24.4 Å². The molecule has 0 bridgehead atoms. The van der Waals surface area contributed by atoms with Gasteiger partial charge in [0.25, 0.3) is 15.9 Å². The predicted molar refractivity (Wildman–Crippen MR) is 108 cm³/mol. The topological polar surface area (TPSA) is 109 Å². The van der Waals surface area contributed by atoms with Crippen molar-refractivity contribution in [1.82, 2.24) is 4.98 Å². The molecule has 1 aliphatic heterocycles. The van der Waals surface area contributed by atoms with Gasteiger partial charge in [-0.05, 0) is 37.3 Å². The number of carbonyl (C=O) groups excluding carboxylic acids is 1. The van der Waals surface area contributed by atoms with Crippen LogP contribution in [0.25, 0.3) is 5.57 Å². The first-order chi connectivity index (χ1) is 13.2. The van der Waals surface area contributed by atoms with Crippen LogP contribution in [0.1, 0.15) is 10.4 Å². The first-order valence-electron chi connectivity index (χ1n) is 7.97. The van der Waals surface area contributed by atoms with E-state index in [1.54, 1.807) is 30.3 Å². The maximum Gasteiger partial charge on any atom is 0.279 e. The average molecular weight is 478 g/mol. The molecule has 0 saturated heterocycles. The Kier molecular flexibility index (Phi) is 4.56. The Morgan fingerprint density at radius 1 is 1.14 bits per heavy atom. The van der Waals surface area contributed by atoms with Gasteiger partial charge in [-0.2, -0.15) is 4.98 Å². The van der Waals surface area contributed by atoms with Crippen molar-refractivity contribution in [1.29, 1.82) is 0 Å². The van der Waals surface area contributed by atoms with E-state index in [4.69, 9.17) is 0 Å². The number of halogens is 1. The Labute approximate surface area is 172 Å². The molecule has 0 spiro atoms. The Balaban J connectivity index is 1.76. The molecule has 142 valence electrons. The van der Waals surface area contributed by atoms with Crippen molar-refractivity contribution in [2.24, 2.45) is 4.99 Å². The lowest BCUT2D eigenvalue weighted by atomic mass is 10.1. The van der Waals surface area contributed by atoms with Gasteiger partial charge in [0.05, 0.1) is 15.8 Å². The number of thiazole rings is 1. The van der Waals surface area contributed by atoms with Crippen LogP contribution in [0.2, 0.25) is 0 Å². The van der Waals surface area contributed by atoms with Crippen LogP contribution in [0.15, 0.2) is 56.8 Å². The molecule has 2 heterocycles. The average Bonchev–Trinajstić information content (AvgIpc) is 3.12. The van der Waals surface area contributed by atoms with Gasteiger partial charge >= 0.3 is 0 Å². The van der Waals surface area contributed by atoms with E-state index >= 15 is 0 Å². The summed E-state index contributed by atoms with van der Waals surface area (Å²) in [7, 11) is -3.88. The number of sulfonamides is 1. The fraction of sp³-hybridized carbons (Fsp3) is 0.0556. The highest BCUT2D eigenvalue weighted by Crippen LogP contribution is 2.35. The summed E-state index contributed by atoms with van der Waals surface area (Å²) < 4.78 is 28.2. The SMILES string of the molecule is Cc1ccc(S(=O)(=O)Nc2nc(O)c(C3=c4cc(Br)ccc4=NC3=O)s2)cc1. The van der Waals surface area contributed by atoms with Gasteiger partial charge in [0.1, 0.15) is 4.88 Å². The molecule has 2 aromatic carbocycles. The summed E-state index contributed by atoms with van der Waals surface area (Å²) in [4.78, 5) is 20.4. The molecule has 28 heavy (non-hydrogen) atoms. The zero-order chi connectivity index (χ0) is 20.1. The van der Waals surface area contributed by atoms with Gasteiger partial charge in [-0.25, -0.2) is 13.4 Å². The second kappa shape index (κ2) is 6.80. The normalized spacial score (nSPS) is 13.4. The van der Waals surface area contributed by atoms with Gasteiger partial charge in [0.15, 0.2) is 0 Å². The minimum absolute atomic E-state index is 0.0446. The molecule has 0 atom stereocenters. The number of amides is 1.